The van der Waals surface area contributed by atoms with E-state index in [0.29, 0.717) is 5.76 Å². The molecule has 0 aliphatic heterocycles. The largest absolute Gasteiger partial charge is 0.433 e. The first kappa shape index (κ1) is 10.4. The summed E-state index contributed by atoms with van der Waals surface area (Å²) in [4.78, 5) is 10.8. The summed E-state index contributed by atoms with van der Waals surface area (Å²) in [5.74, 6) is 0.184. The van der Waals surface area contributed by atoms with Gasteiger partial charge in [0.15, 0.2) is 0 Å². The smallest absolute Gasteiger partial charge is 0.401 e. The monoisotopic (exact) mass is 236 g/mol. The van der Waals surface area contributed by atoms with Gasteiger partial charge in [0, 0.05) is 4.88 Å². The van der Waals surface area contributed by atoms with Crippen LogP contribution in [0.1, 0.15) is 10.6 Å². The Morgan fingerprint density at radius 3 is 2.69 bits per heavy atom. The summed E-state index contributed by atoms with van der Waals surface area (Å²) in [6.45, 7) is 0. The lowest BCUT2D eigenvalue weighted by atomic mass is 10.3. The lowest BCUT2D eigenvalue weighted by molar-refractivity contribution is -0.402. The number of nitro groups is 1. The number of rotatable bonds is 3. The fourth-order valence-electron chi connectivity index (χ4n) is 1.15. The number of anilines is 1. The minimum Gasteiger partial charge on any atom is -0.401 e. The molecule has 0 aliphatic rings. The van der Waals surface area contributed by atoms with E-state index in [1.165, 1.54) is 17.4 Å². The zero-order valence-corrected chi connectivity index (χ0v) is 8.94. The molecule has 0 saturated heterocycles. The van der Waals surface area contributed by atoms with Crippen LogP contribution in [0.25, 0.3) is 12.2 Å². The number of nitrogen functional groups attached to an aromatic ring is 1. The van der Waals surface area contributed by atoms with E-state index in [2.05, 4.69) is 0 Å². The molecule has 0 bridgehead atoms. The highest BCUT2D eigenvalue weighted by atomic mass is 32.1. The number of thiophene rings is 1. The molecule has 2 rings (SSSR count). The summed E-state index contributed by atoms with van der Waals surface area (Å²) in [6, 6.07) is 6.54. The van der Waals surface area contributed by atoms with Crippen LogP contribution in [0.15, 0.2) is 28.7 Å². The van der Waals surface area contributed by atoms with Gasteiger partial charge in [0.25, 0.3) is 0 Å². The van der Waals surface area contributed by atoms with Crippen molar-refractivity contribution in [3.8, 4) is 0 Å². The van der Waals surface area contributed by atoms with Crippen LogP contribution in [0.2, 0.25) is 0 Å². The van der Waals surface area contributed by atoms with Gasteiger partial charge in [0.05, 0.1) is 11.1 Å². The van der Waals surface area contributed by atoms with Gasteiger partial charge in [-0.2, -0.15) is 0 Å². The summed E-state index contributed by atoms with van der Waals surface area (Å²) < 4.78 is 4.96. The second kappa shape index (κ2) is 4.19. The van der Waals surface area contributed by atoms with Crippen molar-refractivity contribution in [2.24, 2.45) is 0 Å². The average molecular weight is 236 g/mol. The third-order valence-corrected chi connectivity index (χ3v) is 2.73. The van der Waals surface area contributed by atoms with Crippen LogP contribution in [-0.4, -0.2) is 4.92 Å². The first-order valence-electron chi connectivity index (χ1n) is 4.43. The highest BCUT2D eigenvalue weighted by molar-refractivity contribution is 7.16. The minimum absolute atomic E-state index is 0.259. The molecule has 5 nitrogen and oxygen atoms in total. The Labute approximate surface area is 95.0 Å². The van der Waals surface area contributed by atoms with E-state index >= 15 is 0 Å². The molecule has 0 atom stereocenters. The van der Waals surface area contributed by atoms with Crippen molar-refractivity contribution in [3.63, 3.8) is 0 Å². The molecule has 2 heterocycles. The molecule has 0 spiro atoms. The summed E-state index contributed by atoms with van der Waals surface area (Å²) >= 11 is 1.44. The SMILES string of the molecule is Nc1ccc(/C=C/c2ccc([N+](=O)[O-])o2)s1. The van der Waals surface area contributed by atoms with Crippen molar-refractivity contribution in [2.45, 2.75) is 0 Å². The number of hydrogen-bond acceptors (Lipinski definition) is 5. The third kappa shape index (κ3) is 2.29. The number of nitrogens with zero attached hydrogens (tertiary/aromatic N) is 1. The van der Waals surface area contributed by atoms with Gasteiger partial charge >= 0.3 is 5.88 Å². The molecule has 2 N–H and O–H groups in total. The second-order valence-corrected chi connectivity index (χ2v) is 4.15. The Morgan fingerprint density at radius 1 is 1.31 bits per heavy atom. The highest BCUT2D eigenvalue weighted by Crippen LogP contribution is 2.22. The quantitative estimate of drug-likeness (QED) is 0.656. The number of furan rings is 1. The summed E-state index contributed by atoms with van der Waals surface area (Å²) in [5, 5.41) is 11.1. The van der Waals surface area contributed by atoms with Crippen molar-refractivity contribution in [1.82, 2.24) is 0 Å². The molecular formula is C10H8N2O3S. The fraction of sp³-hybridized carbons (Fsp3) is 0. The van der Waals surface area contributed by atoms with Crippen molar-refractivity contribution in [2.75, 3.05) is 5.73 Å². The van der Waals surface area contributed by atoms with E-state index in [4.69, 9.17) is 10.2 Å². The van der Waals surface area contributed by atoms with E-state index in [-0.39, 0.29) is 5.88 Å². The molecule has 2 aromatic rings. The molecule has 0 amide bonds. The molecule has 82 valence electrons. The van der Waals surface area contributed by atoms with Gasteiger partial charge in [-0.05, 0) is 30.4 Å². The molecule has 0 unspecified atom stereocenters. The topological polar surface area (TPSA) is 82.3 Å². The summed E-state index contributed by atoms with van der Waals surface area (Å²) in [5.41, 5.74) is 5.56. The average Bonchev–Trinajstić information content (AvgIpc) is 2.83. The van der Waals surface area contributed by atoms with E-state index in [9.17, 15) is 10.1 Å². The lowest BCUT2D eigenvalue weighted by Gasteiger charge is -1.84. The van der Waals surface area contributed by atoms with Crippen molar-refractivity contribution in [3.05, 3.63) is 45.0 Å². The van der Waals surface area contributed by atoms with E-state index in [1.807, 2.05) is 6.07 Å². The molecule has 0 saturated carbocycles. The first-order valence-corrected chi connectivity index (χ1v) is 5.24. The Kier molecular flexibility index (Phi) is 2.74. The minimum atomic E-state index is -0.569. The Balaban J connectivity index is 2.14. The van der Waals surface area contributed by atoms with Gasteiger partial charge in [-0.15, -0.1) is 11.3 Å². The second-order valence-electron chi connectivity index (χ2n) is 3.01. The van der Waals surface area contributed by atoms with Crippen LogP contribution in [0.4, 0.5) is 10.9 Å². The van der Waals surface area contributed by atoms with Gasteiger partial charge in [0.2, 0.25) is 0 Å². The van der Waals surface area contributed by atoms with Gasteiger partial charge in [-0.1, -0.05) is 0 Å². The van der Waals surface area contributed by atoms with Gasteiger partial charge in [0.1, 0.15) is 10.7 Å². The third-order valence-electron chi connectivity index (χ3n) is 1.85. The molecule has 0 aliphatic carbocycles. The molecule has 0 aromatic carbocycles. The number of nitrogens with two attached hydrogens (primary N) is 1. The summed E-state index contributed by atoms with van der Waals surface area (Å²) in [7, 11) is 0. The van der Waals surface area contributed by atoms with Crippen molar-refractivity contribution in [1.29, 1.82) is 0 Å². The van der Waals surface area contributed by atoms with E-state index < -0.39 is 4.92 Å². The molecule has 2 aromatic heterocycles. The molecular weight excluding hydrogens is 228 g/mol. The molecule has 0 fully saturated rings. The van der Waals surface area contributed by atoms with Crippen LogP contribution in [0.3, 0.4) is 0 Å². The predicted octanol–water partition coefficient (Wildman–Crippen LogP) is 3.00. The summed E-state index contributed by atoms with van der Waals surface area (Å²) in [6.07, 6.45) is 3.46. The zero-order chi connectivity index (χ0) is 11.5. The van der Waals surface area contributed by atoms with Crippen LogP contribution >= 0.6 is 11.3 Å². The number of hydrogen-bond donors (Lipinski definition) is 1. The Hall–Kier alpha value is -2.08. The fourth-order valence-corrected chi connectivity index (χ4v) is 1.83. The van der Waals surface area contributed by atoms with E-state index in [0.717, 1.165) is 9.88 Å². The predicted molar refractivity (Wildman–Crippen MR) is 63.0 cm³/mol. The standard InChI is InChI=1S/C10H8N2O3S/c11-9-5-4-8(16-9)3-1-7-2-6-10(15-7)12(13)14/h1-6H,11H2/b3-1+. The highest BCUT2D eigenvalue weighted by Gasteiger charge is 2.09. The first-order chi connectivity index (χ1) is 7.65. The van der Waals surface area contributed by atoms with Crippen LogP contribution in [-0.2, 0) is 0 Å². The van der Waals surface area contributed by atoms with Crippen LogP contribution in [0.5, 0.6) is 0 Å². The van der Waals surface area contributed by atoms with Crippen LogP contribution < -0.4 is 5.73 Å². The Bertz CT molecular complexity index is 542. The maximum absolute atomic E-state index is 10.4. The Morgan fingerprint density at radius 2 is 2.12 bits per heavy atom. The zero-order valence-electron chi connectivity index (χ0n) is 8.12. The van der Waals surface area contributed by atoms with E-state index in [1.54, 1.807) is 24.3 Å². The van der Waals surface area contributed by atoms with Crippen molar-refractivity contribution < 1.29 is 9.34 Å². The van der Waals surface area contributed by atoms with Gasteiger partial charge < -0.3 is 10.2 Å². The maximum Gasteiger partial charge on any atom is 0.433 e. The van der Waals surface area contributed by atoms with Gasteiger partial charge in [-0.25, -0.2) is 0 Å². The normalized spacial score (nSPS) is 11.0. The lowest BCUT2D eigenvalue weighted by Crippen LogP contribution is -1.82. The van der Waals surface area contributed by atoms with Crippen LogP contribution in [0, 0.1) is 10.1 Å². The van der Waals surface area contributed by atoms with Crippen molar-refractivity contribution >= 4 is 34.4 Å². The maximum atomic E-state index is 10.4. The molecule has 0 radical (unpaired) electrons. The molecule has 16 heavy (non-hydrogen) atoms. The molecule has 6 heteroatoms. The van der Waals surface area contributed by atoms with Gasteiger partial charge in [-0.3, -0.25) is 10.1 Å².